The number of nitrogens with zero attached hydrogens (tertiary/aromatic N) is 13. The predicted octanol–water partition coefficient (Wildman–Crippen LogP) is 10.6. The standard InChI is InChI=1S/C21H22N6O2.C20H20ClN7O2.C20H20N6O2.CH4/c1-29-21(28)14-5-3-13(4-6-14)20-26-17(18-19(22)24-11-25-27(18)20)15-7-2-12-8-9-23-16(12)10-15;1-30-20(29)27-7-5-11(6-8-27)19-26-16(17-18(22)23-10-24-28(17)19)14-9-12-3-2-4-13(21)15(12)25-14;21-18-17-16(14-6-1-11-7-8-22-15(11)9-14)25-19(26(17)24-10-23-18)12-2-4-13(5-3-12)20(27)28;/h2,7-11,13-14,23H,3-6H2,1H3,(H2,22,24,25);2-4,9-11,25H,5-8H2,1H3,(H2,22,23,24);1,6-10,12-13,22H,2-5H2,(H,27,28)(H2,21,23,24);1H4. The zero-order chi connectivity index (χ0) is 60.0. The number of methoxy groups -OCH3 is 2. The highest BCUT2D eigenvalue weighted by molar-refractivity contribution is 6.35. The number of para-hydroxylation sites is 1. The van der Waals surface area contributed by atoms with E-state index in [9.17, 15) is 19.5 Å². The number of carboxylic acid groups (broad SMARTS) is 1. The Hall–Kier alpha value is -10.2. The van der Waals surface area contributed by atoms with Crippen molar-refractivity contribution in [2.24, 2.45) is 11.8 Å². The number of aromatic nitrogens is 15. The van der Waals surface area contributed by atoms with Crippen molar-refractivity contribution in [2.75, 3.05) is 44.5 Å². The summed E-state index contributed by atoms with van der Waals surface area (Å²) in [5, 5.41) is 26.4. The zero-order valence-electron chi connectivity index (χ0n) is 47.6. The van der Waals surface area contributed by atoms with Gasteiger partial charge in [0.15, 0.2) is 17.5 Å². The van der Waals surface area contributed by atoms with Crippen LogP contribution in [0.25, 0.3) is 83.2 Å². The van der Waals surface area contributed by atoms with Crippen molar-refractivity contribution >= 4 is 96.3 Å². The van der Waals surface area contributed by atoms with Gasteiger partial charge in [-0.3, -0.25) is 9.59 Å². The maximum absolute atomic E-state index is 11.9. The number of piperidine rings is 1. The molecule has 1 aliphatic heterocycles. The fraction of sp³-hybridized carbons (Fsp3) is 0.323. The molecular weight excluding hydrogens is 1140 g/mol. The van der Waals surface area contributed by atoms with E-state index in [1.54, 1.807) is 13.9 Å². The SMILES string of the molecule is C.COC(=O)C1CCC(c2nc(-c3ccc4cc[nH]c4c3)c3c(N)ncnn23)CC1.COC(=O)N1CCC(c2nc(-c3cc4cccc(Cl)c4[nH]3)c3c(N)ncnn23)CC1.Nc1ncnn2c(C3CCC(C(=O)O)CC3)nc(-c3ccc4cc[nH]c4c3)c12. The predicted molar refractivity (Wildman–Crippen MR) is 334 cm³/mol. The van der Waals surface area contributed by atoms with Gasteiger partial charge in [0.25, 0.3) is 0 Å². The van der Waals surface area contributed by atoms with E-state index in [0.29, 0.717) is 65.1 Å². The molecular formula is C62H66ClN19O6. The molecule has 9 aromatic heterocycles. The van der Waals surface area contributed by atoms with Gasteiger partial charge in [0.1, 0.15) is 70.1 Å². The Labute approximate surface area is 508 Å². The first-order chi connectivity index (χ1) is 42.3. The molecule has 2 aliphatic carbocycles. The van der Waals surface area contributed by atoms with E-state index in [1.807, 2.05) is 71.5 Å². The Morgan fingerprint density at radius 2 is 1.03 bits per heavy atom. The van der Waals surface area contributed by atoms with Gasteiger partial charge in [-0.25, -0.2) is 48.2 Å². The third-order valence-corrected chi connectivity index (χ3v) is 17.7. The molecule has 3 aromatic carbocycles. The monoisotopic (exact) mass is 1210 g/mol. The van der Waals surface area contributed by atoms with Gasteiger partial charge in [-0.15, -0.1) is 0 Å². The van der Waals surface area contributed by atoms with Crippen molar-refractivity contribution in [3.05, 3.63) is 127 Å². The summed E-state index contributed by atoms with van der Waals surface area (Å²) >= 11 is 6.34. The van der Waals surface area contributed by atoms with Gasteiger partial charge in [0, 0.05) is 70.8 Å². The number of carbonyl (C=O) groups is 3. The Morgan fingerprint density at radius 3 is 1.50 bits per heavy atom. The van der Waals surface area contributed by atoms with Gasteiger partial charge in [0.05, 0.1) is 42.3 Å². The molecule has 1 amide bonds. The van der Waals surface area contributed by atoms with Crippen LogP contribution in [-0.4, -0.2) is 129 Å². The number of likely N-dealkylation sites (tertiary alicyclic amines) is 1. The van der Waals surface area contributed by atoms with Crippen LogP contribution in [0.1, 0.15) is 107 Å². The molecule has 0 spiro atoms. The highest BCUT2D eigenvalue weighted by Gasteiger charge is 2.34. The molecule has 10 N–H and O–H groups in total. The number of nitrogens with one attached hydrogen (secondary N) is 3. The van der Waals surface area contributed by atoms with Crippen LogP contribution in [-0.2, 0) is 19.1 Å². The number of nitrogens with two attached hydrogens (primary N) is 3. The Bertz CT molecular complexity index is 4560. The minimum atomic E-state index is -0.710. The van der Waals surface area contributed by atoms with E-state index < -0.39 is 5.97 Å². The van der Waals surface area contributed by atoms with E-state index in [1.165, 1.54) is 33.2 Å². The molecule has 88 heavy (non-hydrogen) atoms. The summed E-state index contributed by atoms with van der Waals surface area (Å²) in [6, 6.07) is 24.1. The summed E-state index contributed by atoms with van der Waals surface area (Å²) in [5.41, 5.74) is 28.6. The largest absolute Gasteiger partial charge is 0.481 e. The van der Waals surface area contributed by atoms with Gasteiger partial charge < -0.3 is 51.6 Å². The van der Waals surface area contributed by atoms with Crippen LogP contribution in [0.3, 0.4) is 0 Å². The Balaban J connectivity index is 0.000000128. The number of nitrogen functional groups attached to an aromatic ring is 3. The zero-order valence-corrected chi connectivity index (χ0v) is 48.4. The smallest absolute Gasteiger partial charge is 0.409 e. The molecule has 2 saturated carbocycles. The number of rotatable bonds is 8. The van der Waals surface area contributed by atoms with Gasteiger partial charge in [-0.05, 0) is 111 Å². The van der Waals surface area contributed by atoms with Crippen LogP contribution in [0, 0.1) is 11.8 Å². The van der Waals surface area contributed by atoms with Crippen molar-refractivity contribution in [1.29, 1.82) is 0 Å². The number of hydrogen-bond acceptors (Lipinski definition) is 17. The fourth-order valence-electron chi connectivity index (χ4n) is 12.8. The first kappa shape index (κ1) is 58.2. The number of H-pyrrole nitrogens is 3. The highest BCUT2D eigenvalue weighted by Crippen LogP contribution is 2.42. The van der Waals surface area contributed by atoms with Gasteiger partial charge >= 0.3 is 18.0 Å². The molecule has 0 radical (unpaired) electrons. The average molecular weight is 1210 g/mol. The summed E-state index contributed by atoms with van der Waals surface area (Å²) in [7, 11) is 2.85. The third kappa shape index (κ3) is 10.8. The number of benzene rings is 3. The van der Waals surface area contributed by atoms with E-state index in [0.717, 1.165) is 135 Å². The Kier molecular flexibility index (Phi) is 16.1. The molecule has 3 fully saturated rings. The lowest BCUT2D eigenvalue weighted by Crippen LogP contribution is -2.38. The first-order valence-electron chi connectivity index (χ1n) is 28.9. The number of amides is 1. The van der Waals surface area contributed by atoms with Gasteiger partial charge in [-0.2, -0.15) is 15.3 Å². The van der Waals surface area contributed by atoms with Crippen LogP contribution < -0.4 is 17.2 Å². The highest BCUT2D eigenvalue weighted by atomic mass is 35.5. The van der Waals surface area contributed by atoms with Crippen LogP contribution in [0.4, 0.5) is 22.2 Å². The number of anilines is 3. The van der Waals surface area contributed by atoms with Crippen molar-refractivity contribution < 1.29 is 29.0 Å². The number of carbonyl (C=O) groups excluding carboxylic acids is 2. The van der Waals surface area contributed by atoms with Crippen LogP contribution in [0.15, 0.2) is 104 Å². The van der Waals surface area contributed by atoms with E-state index >= 15 is 0 Å². The number of imidazole rings is 3. The molecule has 452 valence electrons. The Morgan fingerprint density at radius 1 is 0.568 bits per heavy atom. The number of aromatic amines is 3. The lowest BCUT2D eigenvalue weighted by Gasteiger charge is -2.30. The second-order valence-electron chi connectivity index (χ2n) is 22.3. The molecule has 26 heteroatoms. The van der Waals surface area contributed by atoms with Crippen LogP contribution in [0.2, 0.25) is 5.02 Å². The van der Waals surface area contributed by atoms with Gasteiger partial charge in [0.2, 0.25) is 0 Å². The minimum Gasteiger partial charge on any atom is -0.481 e. The lowest BCUT2D eigenvalue weighted by atomic mass is 9.81. The molecule has 0 atom stereocenters. The maximum atomic E-state index is 11.9. The molecule has 0 bridgehead atoms. The summed E-state index contributed by atoms with van der Waals surface area (Å²) in [4.78, 5) is 73.8. The van der Waals surface area contributed by atoms with Crippen molar-refractivity contribution in [2.45, 2.75) is 89.4 Å². The van der Waals surface area contributed by atoms with Crippen molar-refractivity contribution in [1.82, 2.24) is 78.6 Å². The van der Waals surface area contributed by atoms with Crippen LogP contribution >= 0.6 is 11.6 Å². The number of halogens is 1. The summed E-state index contributed by atoms with van der Waals surface area (Å²) in [5.74, 6) is 3.02. The minimum absolute atomic E-state index is 0. The first-order valence-corrected chi connectivity index (χ1v) is 29.2. The van der Waals surface area contributed by atoms with E-state index in [-0.39, 0.29) is 49.1 Å². The van der Waals surface area contributed by atoms with Crippen molar-refractivity contribution in [3.63, 3.8) is 0 Å². The normalized spacial score (nSPS) is 18.0. The molecule has 0 unspecified atom stereocenters. The molecule has 12 aromatic rings. The average Bonchev–Trinajstić information content (AvgIpc) is 2.33. The molecule has 25 nitrogen and oxygen atoms in total. The third-order valence-electron chi connectivity index (χ3n) is 17.3. The van der Waals surface area contributed by atoms with E-state index in [2.05, 4.69) is 63.4 Å². The number of ether oxygens (including phenoxy) is 2. The molecule has 10 heterocycles. The number of carboxylic acids is 1. The summed E-state index contributed by atoms with van der Waals surface area (Å²) in [6.45, 7) is 1.20. The number of esters is 1. The second kappa shape index (κ2) is 24.3. The van der Waals surface area contributed by atoms with Crippen molar-refractivity contribution in [3.8, 4) is 33.9 Å². The van der Waals surface area contributed by atoms with Crippen LogP contribution in [0.5, 0.6) is 0 Å². The molecule has 15 rings (SSSR count). The number of fused-ring (bicyclic) bond motifs is 6. The molecule has 1 saturated heterocycles. The summed E-state index contributed by atoms with van der Waals surface area (Å²) < 4.78 is 15.1. The maximum Gasteiger partial charge on any atom is 0.409 e. The topological polar surface area (TPSA) is 348 Å². The van der Waals surface area contributed by atoms with E-state index in [4.69, 9.17) is 53.2 Å². The fourth-order valence-corrected chi connectivity index (χ4v) is 13.0. The number of hydrogen-bond donors (Lipinski definition) is 7. The number of aliphatic carboxylic acids is 1. The quantitative estimate of drug-likeness (QED) is 0.0695. The molecule has 3 aliphatic rings. The summed E-state index contributed by atoms with van der Waals surface area (Å²) in [6.07, 6.45) is 15.5. The second-order valence-corrected chi connectivity index (χ2v) is 22.7. The lowest BCUT2D eigenvalue weighted by molar-refractivity contribution is -0.146. The van der Waals surface area contributed by atoms with Gasteiger partial charge in [-0.1, -0.05) is 55.4 Å².